The fraction of sp³-hybridized carbons (Fsp3) is 0.750. The first kappa shape index (κ1) is 12.1. The Labute approximate surface area is 91.5 Å². The topological polar surface area (TPSA) is 37.8 Å². The van der Waals surface area contributed by atoms with Gasteiger partial charge in [-0.3, -0.25) is 9.89 Å². The van der Waals surface area contributed by atoms with Crippen molar-refractivity contribution in [2.75, 3.05) is 0 Å². The molecule has 0 aliphatic rings. The molecular formula is C12H22N2O. The van der Waals surface area contributed by atoms with Gasteiger partial charge in [-0.15, -0.1) is 0 Å². The Hall–Kier alpha value is -0.990. The molecule has 0 bridgehead atoms. The van der Waals surface area contributed by atoms with Crippen LogP contribution < -0.4 is 5.56 Å². The third kappa shape index (κ3) is 2.16. The number of aromatic nitrogens is 2. The normalized spacial score (nSPS) is 13.3. The van der Waals surface area contributed by atoms with Crippen LogP contribution >= 0.6 is 0 Å². The highest BCUT2D eigenvalue weighted by atomic mass is 16.1. The van der Waals surface area contributed by atoms with Crippen molar-refractivity contribution in [3.05, 3.63) is 21.6 Å². The highest BCUT2D eigenvalue weighted by Crippen LogP contribution is 2.23. The minimum absolute atomic E-state index is 0.0141. The Morgan fingerprint density at radius 2 is 1.53 bits per heavy atom. The highest BCUT2D eigenvalue weighted by molar-refractivity contribution is 5.23. The summed E-state index contributed by atoms with van der Waals surface area (Å²) in [5.41, 5.74) is 1.75. The standard InChI is InChI=1S/C12H22N2O/c1-8-9(11(2,3)4)13-14(10(8)15)12(5,6)7/h13H,1-7H3. The molecule has 0 amide bonds. The molecule has 15 heavy (non-hydrogen) atoms. The molecule has 1 rings (SSSR count). The molecule has 1 aromatic rings. The van der Waals surface area contributed by atoms with Gasteiger partial charge in [0, 0.05) is 16.7 Å². The molecule has 0 saturated carbocycles. The second-order valence-corrected chi connectivity index (χ2v) is 6.17. The van der Waals surface area contributed by atoms with Gasteiger partial charge in [0.1, 0.15) is 0 Å². The minimum Gasteiger partial charge on any atom is -0.298 e. The molecule has 86 valence electrons. The lowest BCUT2D eigenvalue weighted by atomic mass is 9.90. The van der Waals surface area contributed by atoms with Gasteiger partial charge < -0.3 is 0 Å². The first-order valence-electron chi connectivity index (χ1n) is 5.37. The predicted molar refractivity (Wildman–Crippen MR) is 63.5 cm³/mol. The Morgan fingerprint density at radius 1 is 1.07 bits per heavy atom. The zero-order chi connectivity index (χ0) is 12.0. The first-order valence-corrected chi connectivity index (χ1v) is 5.37. The largest absolute Gasteiger partial charge is 0.298 e. The van der Waals surface area contributed by atoms with Gasteiger partial charge in [-0.25, -0.2) is 4.68 Å². The van der Waals surface area contributed by atoms with Crippen LogP contribution in [0.25, 0.3) is 0 Å². The molecule has 0 aliphatic carbocycles. The van der Waals surface area contributed by atoms with Crippen LogP contribution in [0.15, 0.2) is 4.79 Å². The van der Waals surface area contributed by atoms with E-state index < -0.39 is 0 Å². The van der Waals surface area contributed by atoms with Crippen molar-refractivity contribution in [3.63, 3.8) is 0 Å². The lowest BCUT2D eigenvalue weighted by Gasteiger charge is -2.21. The molecule has 0 fully saturated rings. The lowest BCUT2D eigenvalue weighted by molar-refractivity contribution is 0.339. The van der Waals surface area contributed by atoms with Crippen molar-refractivity contribution in [1.29, 1.82) is 0 Å². The van der Waals surface area contributed by atoms with E-state index in [-0.39, 0.29) is 16.5 Å². The van der Waals surface area contributed by atoms with Crippen LogP contribution in [-0.4, -0.2) is 9.78 Å². The third-order valence-corrected chi connectivity index (χ3v) is 2.54. The van der Waals surface area contributed by atoms with Gasteiger partial charge in [0.05, 0.1) is 5.54 Å². The van der Waals surface area contributed by atoms with E-state index in [4.69, 9.17) is 0 Å². The van der Waals surface area contributed by atoms with Crippen LogP contribution in [-0.2, 0) is 11.0 Å². The lowest BCUT2D eigenvalue weighted by Crippen LogP contribution is -2.32. The van der Waals surface area contributed by atoms with Gasteiger partial charge in [0.2, 0.25) is 0 Å². The molecule has 3 heteroatoms. The number of H-pyrrole nitrogens is 1. The second-order valence-electron chi connectivity index (χ2n) is 6.17. The zero-order valence-corrected chi connectivity index (χ0v) is 10.9. The quantitative estimate of drug-likeness (QED) is 0.702. The molecule has 1 N–H and O–H groups in total. The maximum Gasteiger partial charge on any atom is 0.270 e. The Balaban J connectivity index is 3.45. The summed E-state index contributed by atoms with van der Waals surface area (Å²) in [7, 11) is 0. The number of rotatable bonds is 0. The van der Waals surface area contributed by atoms with E-state index >= 15 is 0 Å². The van der Waals surface area contributed by atoms with Gasteiger partial charge in [-0.2, -0.15) is 0 Å². The number of hydrogen-bond acceptors (Lipinski definition) is 1. The van der Waals surface area contributed by atoms with E-state index in [1.165, 1.54) is 0 Å². The van der Waals surface area contributed by atoms with Crippen molar-refractivity contribution in [1.82, 2.24) is 9.78 Å². The second kappa shape index (κ2) is 3.26. The van der Waals surface area contributed by atoms with Crippen LogP contribution in [0, 0.1) is 6.92 Å². The molecular weight excluding hydrogens is 188 g/mol. The van der Waals surface area contributed by atoms with E-state index in [1.54, 1.807) is 4.68 Å². The van der Waals surface area contributed by atoms with E-state index in [2.05, 4.69) is 25.9 Å². The van der Waals surface area contributed by atoms with E-state index in [0.29, 0.717) is 0 Å². The molecule has 1 aromatic heterocycles. The predicted octanol–water partition coefficient (Wildman–Crippen LogP) is 2.54. The summed E-state index contributed by atoms with van der Waals surface area (Å²) in [6, 6.07) is 0. The van der Waals surface area contributed by atoms with Gasteiger partial charge >= 0.3 is 0 Å². The Kier molecular flexibility index (Phi) is 2.62. The van der Waals surface area contributed by atoms with Crippen molar-refractivity contribution >= 4 is 0 Å². The van der Waals surface area contributed by atoms with Crippen LogP contribution in [0.2, 0.25) is 0 Å². The van der Waals surface area contributed by atoms with Crippen molar-refractivity contribution < 1.29 is 0 Å². The summed E-state index contributed by atoms with van der Waals surface area (Å²) < 4.78 is 1.71. The zero-order valence-electron chi connectivity index (χ0n) is 10.9. The minimum atomic E-state index is -0.189. The molecule has 3 nitrogen and oxygen atoms in total. The summed E-state index contributed by atoms with van der Waals surface area (Å²) in [6.45, 7) is 14.3. The van der Waals surface area contributed by atoms with E-state index in [1.807, 2.05) is 27.7 Å². The summed E-state index contributed by atoms with van der Waals surface area (Å²) in [6.07, 6.45) is 0. The average molecular weight is 210 g/mol. The molecule has 0 spiro atoms. The molecule has 0 aromatic carbocycles. The molecule has 0 radical (unpaired) electrons. The summed E-state index contributed by atoms with van der Waals surface area (Å²) >= 11 is 0. The Bertz CT molecular complexity index is 410. The van der Waals surface area contributed by atoms with Gasteiger partial charge in [-0.1, -0.05) is 20.8 Å². The third-order valence-electron chi connectivity index (χ3n) is 2.54. The Morgan fingerprint density at radius 3 is 1.73 bits per heavy atom. The summed E-state index contributed by atoms with van der Waals surface area (Å²) in [4.78, 5) is 12.0. The molecule has 0 saturated heterocycles. The summed E-state index contributed by atoms with van der Waals surface area (Å²) in [5.74, 6) is 0. The maximum absolute atomic E-state index is 12.0. The SMILES string of the molecule is Cc1c(C(C)(C)C)[nH]n(C(C)(C)C)c1=O. The first-order chi connectivity index (χ1) is 6.55. The van der Waals surface area contributed by atoms with Gasteiger partial charge in [-0.05, 0) is 27.7 Å². The highest BCUT2D eigenvalue weighted by Gasteiger charge is 2.25. The van der Waals surface area contributed by atoms with E-state index in [9.17, 15) is 4.79 Å². The number of nitrogens with zero attached hydrogens (tertiary/aromatic N) is 1. The van der Waals surface area contributed by atoms with Gasteiger partial charge in [0.25, 0.3) is 5.56 Å². The molecule has 0 aliphatic heterocycles. The summed E-state index contributed by atoms with van der Waals surface area (Å²) in [5, 5.41) is 3.23. The van der Waals surface area contributed by atoms with Crippen molar-refractivity contribution in [3.8, 4) is 0 Å². The van der Waals surface area contributed by atoms with Crippen molar-refractivity contribution in [2.24, 2.45) is 0 Å². The monoisotopic (exact) mass is 210 g/mol. The molecule has 0 atom stereocenters. The average Bonchev–Trinajstić information content (AvgIpc) is 2.26. The molecule has 1 heterocycles. The fourth-order valence-electron chi connectivity index (χ4n) is 1.72. The smallest absolute Gasteiger partial charge is 0.270 e. The van der Waals surface area contributed by atoms with Crippen LogP contribution in [0.4, 0.5) is 0 Å². The fourth-order valence-corrected chi connectivity index (χ4v) is 1.72. The van der Waals surface area contributed by atoms with Crippen LogP contribution in [0.5, 0.6) is 0 Å². The van der Waals surface area contributed by atoms with E-state index in [0.717, 1.165) is 11.3 Å². The number of hydrogen-bond donors (Lipinski definition) is 1. The van der Waals surface area contributed by atoms with Crippen molar-refractivity contribution in [2.45, 2.75) is 59.4 Å². The maximum atomic E-state index is 12.0. The van der Waals surface area contributed by atoms with Gasteiger partial charge in [0.15, 0.2) is 0 Å². The number of aromatic amines is 1. The van der Waals surface area contributed by atoms with Crippen LogP contribution in [0.1, 0.15) is 52.8 Å². The van der Waals surface area contributed by atoms with Crippen LogP contribution in [0.3, 0.4) is 0 Å². The molecule has 0 unspecified atom stereocenters. The number of nitrogens with one attached hydrogen (secondary N) is 1.